The average Bonchev–Trinajstić information content (AvgIpc) is 3.25. The van der Waals surface area contributed by atoms with Gasteiger partial charge in [-0.15, -0.1) is 11.3 Å². The SMILES string of the molecule is CC(=O)N(C[C@H]1CCCO1)c1nc(C)c(C(=O)Nc2nccs2)s1. The predicted molar refractivity (Wildman–Crippen MR) is 93.9 cm³/mol. The Hall–Kier alpha value is -1.84. The van der Waals surface area contributed by atoms with Crippen LogP contribution < -0.4 is 10.2 Å². The van der Waals surface area contributed by atoms with Crippen molar-refractivity contribution in [3.63, 3.8) is 0 Å². The number of aryl methyl sites for hydroxylation is 1. The lowest BCUT2D eigenvalue weighted by Gasteiger charge is -2.21. The summed E-state index contributed by atoms with van der Waals surface area (Å²) in [5, 5.41) is 5.60. The maximum Gasteiger partial charge on any atom is 0.269 e. The molecule has 1 atom stereocenters. The van der Waals surface area contributed by atoms with Gasteiger partial charge < -0.3 is 4.74 Å². The number of ether oxygens (including phenoxy) is 1. The second-order valence-electron chi connectivity index (χ2n) is 5.47. The molecule has 0 spiro atoms. The van der Waals surface area contributed by atoms with Gasteiger partial charge in [0.05, 0.1) is 18.3 Å². The molecule has 9 heteroatoms. The quantitative estimate of drug-likeness (QED) is 0.879. The Labute approximate surface area is 147 Å². The first-order valence-corrected chi connectivity index (χ1v) is 9.32. The van der Waals surface area contributed by atoms with Gasteiger partial charge in [0.1, 0.15) is 4.88 Å². The van der Waals surface area contributed by atoms with E-state index in [-0.39, 0.29) is 17.9 Å². The molecule has 7 nitrogen and oxygen atoms in total. The van der Waals surface area contributed by atoms with E-state index >= 15 is 0 Å². The summed E-state index contributed by atoms with van der Waals surface area (Å²) in [5.74, 6) is -0.363. The lowest BCUT2D eigenvalue weighted by molar-refractivity contribution is -0.116. The zero-order valence-corrected chi connectivity index (χ0v) is 15.1. The molecule has 1 aliphatic rings. The van der Waals surface area contributed by atoms with Crippen LogP contribution in [0.1, 0.15) is 35.1 Å². The molecule has 0 bridgehead atoms. The van der Waals surface area contributed by atoms with Crippen molar-refractivity contribution in [1.82, 2.24) is 9.97 Å². The monoisotopic (exact) mass is 366 g/mol. The van der Waals surface area contributed by atoms with Gasteiger partial charge in [0.15, 0.2) is 10.3 Å². The number of rotatable bonds is 5. The van der Waals surface area contributed by atoms with Gasteiger partial charge in [0.2, 0.25) is 5.91 Å². The van der Waals surface area contributed by atoms with E-state index in [9.17, 15) is 9.59 Å². The first kappa shape index (κ1) is 17.0. The van der Waals surface area contributed by atoms with E-state index in [1.54, 1.807) is 23.4 Å². The highest BCUT2D eigenvalue weighted by Gasteiger charge is 2.26. The Morgan fingerprint density at radius 1 is 1.50 bits per heavy atom. The molecule has 24 heavy (non-hydrogen) atoms. The number of nitrogens with one attached hydrogen (secondary N) is 1. The van der Waals surface area contributed by atoms with Crippen LogP contribution in [0.5, 0.6) is 0 Å². The van der Waals surface area contributed by atoms with Crippen LogP contribution in [0.15, 0.2) is 11.6 Å². The van der Waals surface area contributed by atoms with Crippen molar-refractivity contribution in [3.05, 3.63) is 22.1 Å². The third-order valence-electron chi connectivity index (χ3n) is 3.67. The predicted octanol–water partition coefficient (Wildman–Crippen LogP) is 2.69. The molecule has 1 aliphatic heterocycles. The summed E-state index contributed by atoms with van der Waals surface area (Å²) in [6, 6.07) is 0. The Morgan fingerprint density at radius 3 is 2.96 bits per heavy atom. The zero-order valence-electron chi connectivity index (χ0n) is 13.4. The summed E-state index contributed by atoms with van der Waals surface area (Å²) in [4.78, 5) is 34.9. The zero-order chi connectivity index (χ0) is 17.1. The Morgan fingerprint density at radius 2 is 2.33 bits per heavy atom. The molecule has 0 radical (unpaired) electrons. The highest BCUT2D eigenvalue weighted by Crippen LogP contribution is 2.28. The maximum atomic E-state index is 12.4. The minimum absolute atomic E-state index is 0.0331. The van der Waals surface area contributed by atoms with Gasteiger partial charge in [-0.1, -0.05) is 11.3 Å². The Balaban J connectivity index is 1.77. The second kappa shape index (κ2) is 7.37. The van der Waals surface area contributed by atoms with Gasteiger partial charge in [-0.05, 0) is 19.8 Å². The van der Waals surface area contributed by atoms with E-state index in [1.165, 1.54) is 29.6 Å². The summed E-state index contributed by atoms with van der Waals surface area (Å²) in [5.41, 5.74) is 0.600. The standard InChI is InChI=1S/C15H18N4O3S2/c1-9-12(13(21)18-14-16-5-7-23-14)24-15(17-9)19(10(2)20)8-11-4-3-6-22-11/h5,7,11H,3-4,6,8H2,1-2H3,(H,16,18,21)/t11-/m1/s1. The fourth-order valence-electron chi connectivity index (χ4n) is 2.48. The van der Waals surface area contributed by atoms with Crippen LogP contribution >= 0.6 is 22.7 Å². The van der Waals surface area contributed by atoms with Crippen molar-refractivity contribution in [2.24, 2.45) is 0 Å². The molecule has 1 saturated heterocycles. The lowest BCUT2D eigenvalue weighted by Crippen LogP contribution is -2.35. The van der Waals surface area contributed by atoms with E-state index in [4.69, 9.17) is 4.74 Å². The Bertz CT molecular complexity index is 723. The molecule has 0 aliphatic carbocycles. The van der Waals surface area contributed by atoms with Crippen molar-refractivity contribution >= 4 is 44.8 Å². The van der Waals surface area contributed by atoms with E-state index in [1.807, 2.05) is 0 Å². The largest absolute Gasteiger partial charge is 0.376 e. The minimum Gasteiger partial charge on any atom is -0.376 e. The number of carbonyl (C=O) groups excluding carboxylic acids is 2. The fourth-order valence-corrected chi connectivity index (χ4v) is 4.02. The molecular weight excluding hydrogens is 348 g/mol. The number of nitrogens with zero attached hydrogens (tertiary/aromatic N) is 3. The van der Waals surface area contributed by atoms with Crippen LogP contribution in [0.25, 0.3) is 0 Å². The second-order valence-corrected chi connectivity index (χ2v) is 7.34. The fraction of sp³-hybridized carbons (Fsp3) is 0.467. The number of hydrogen-bond acceptors (Lipinski definition) is 7. The molecule has 2 aromatic rings. The molecule has 128 valence electrons. The van der Waals surface area contributed by atoms with Crippen LogP contribution in [-0.2, 0) is 9.53 Å². The topological polar surface area (TPSA) is 84.4 Å². The first-order valence-electron chi connectivity index (χ1n) is 7.62. The van der Waals surface area contributed by atoms with Gasteiger partial charge in [0.25, 0.3) is 5.91 Å². The lowest BCUT2D eigenvalue weighted by atomic mass is 10.2. The highest BCUT2D eigenvalue weighted by atomic mass is 32.1. The van der Waals surface area contributed by atoms with Gasteiger partial charge in [-0.3, -0.25) is 19.8 Å². The number of aromatic nitrogens is 2. The molecule has 0 unspecified atom stereocenters. The molecule has 0 saturated carbocycles. The molecule has 0 aromatic carbocycles. The van der Waals surface area contributed by atoms with Crippen molar-refractivity contribution < 1.29 is 14.3 Å². The van der Waals surface area contributed by atoms with Crippen LogP contribution in [0.4, 0.5) is 10.3 Å². The van der Waals surface area contributed by atoms with Crippen molar-refractivity contribution in [2.75, 3.05) is 23.4 Å². The van der Waals surface area contributed by atoms with Gasteiger partial charge in [0, 0.05) is 25.1 Å². The highest BCUT2D eigenvalue weighted by molar-refractivity contribution is 7.18. The molecule has 3 heterocycles. The molecule has 1 N–H and O–H groups in total. The molecular formula is C15H18N4O3S2. The molecule has 2 aromatic heterocycles. The van der Waals surface area contributed by atoms with Crippen LogP contribution in [0.2, 0.25) is 0 Å². The smallest absolute Gasteiger partial charge is 0.269 e. The van der Waals surface area contributed by atoms with E-state index in [0.29, 0.717) is 27.4 Å². The Kier molecular flexibility index (Phi) is 5.22. The normalized spacial score (nSPS) is 17.0. The number of thiazole rings is 2. The third kappa shape index (κ3) is 3.80. The summed E-state index contributed by atoms with van der Waals surface area (Å²) >= 11 is 2.56. The van der Waals surface area contributed by atoms with Crippen LogP contribution in [0, 0.1) is 6.92 Å². The van der Waals surface area contributed by atoms with Crippen LogP contribution in [-0.4, -0.2) is 41.0 Å². The van der Waals surface area contributed by atoms with Gasteiger partial charge >= 0.3 is 0 Å². The molecule has 2 amide bonds. The summed E-state index contributed by atoms with van der Waals surface area (Å²) in [6.07, 6.45) is 3.61. The van der Waals surface area contributed by atoms with Crippen molar-refractivity contribution in [1.29, 1.82) is 0 Å². The van der Waals surface area contributed by atoms with E-state index < -0.39 is 0 Å². The van der Waals surface area contributed by atoms with Gasteiger partial charge in [-0.25, -0.2) is 9.97 Å². The minimum atomic E-state index is -0.258. The number of anilines is 2. The molecule has 1 fully saturated rings. The summed E-state index contributed by atoms with van der Waals surface area (Å²) in [7, 11) is 0. The average molecular weight is 366 g/mol. The van der Waals surface area contributed by atoms with Crippen LogP contribution in [0.3, 0.4) is 0 Å². The van der Waals surface area contributed by atoms with Crippen molar-refractivity contribution in [3.8, 4) is 0 Å². The molecule has 3 rings (SSSR count). The number of hydrogen-bond donors (Lipinski definition) is 1. The number of carbonyl (C=O) groups is 2. The van der Waals surface area contributed by atoms with Gasteiger partial charge in [-0.2, -0.15) is 0 Å². The number of amides is 2. The summed E-state index contributed by atoms with van der Waals surface area (Å²) in [6.45, 7) is 4.47. The first-order chi connectivity index (χ1) is 11.5. The van der Waals surface area contributed by atoms with E-state index in [2.05, 4.69) is 15.3 Å². The third-order valence-corrected chi connectivity index (χ3v) is 5.53. The van der Waals surface area contributed by atoms with E-state index in [0.717, 1.165) is 19.4 Å². The summed E-state index contributed by atoms with van der Waals surface area (Å²) < 4.78 is 5.61. The maximum absolute atomic E-state index is 12.4. The van der Waals surface area contributed by atoms with Crippen molar-refractivity contribution in [2.45, 2.75) is 32.8 Å².